The number of methoxy groups -OCH3 is 1. The number of ether oxygens (including phenoxy) is 1. The number of halogens is 1. The molecule has 31 heavy (non-hydrogen) atoms. The molecule has 6 heteroatoms. The van der Waals surface area contributed by atoms with Crippen LogP contribution < -0.4 is 10.1 Å². The van der Waals surface area contributed by atoms with Crippen LogP contribution in [0.3, 0.4) is 0 Å². The molecule has 4 rings (SSSR count). The number of rotatable bonds is 5. The Labute approximate surface area is 185 Å². The number of aryl methyl sites for hydroxylation is 1. The minimum absolute atomic E-state index is 0.0133. The quantitative estimate of drug-likeness (QED) is 0.441. The molecule has 0 saturated carbocycles. The first-order valence-electron chi connectivity index (χ1n) is 9.75. The lowest BCUT2D eigenvalue weighted by Gasteiger charge is -2.22. The van der Waals surface area contributed by atoms with Crippen LogP contribution in [0.5, 0.6) is 11.5 Å². The number of carbonyl (C=O) groups excluding carboxylic acids is 1. The zero-order valence-electron chi connectivity index (χ0n) is 17.1. The molecule has 2 N–H and O–H groups in total. The third-order valence-corrected chi connectivity index (χ3v) is 5.51. The maximum atomic E-state index is 13.0. The first kappa shape index (κ1) is 20.7. The van der Waals surface area contributed by atoms with Gasteiger partial charge >= 0.3 is 0 Å². The van der Waals surface area contributed by atoms with Crippen molar-refractivity contribution in [3.05, 3.63) is 100 Å². The van der Waals surface area contributed by atoms with Gasteiger partial charge in [-0.3, -0.25) is 9.78 Å². The van der Waals surface area contributed by atoms with Crippen LogP contribution in [-0.4, -0.2) is 23.1 Å². The molecular formula is C25H21ClN2O3. The maximum absolute atomic E-state index is 13.0. The number of carbonyl (C=O) groups is 1. The van der Waals surface area contributed by atoms with Gasteiger partial charge in [0.2, 0.25) is 0 Å². The van der Waals surface area contributed by atoms with Gasteiger partial charge in [0.15, 0.2) is 0 Å². The van der Waals surface area contributed by atoms with E-state index >= 15 is 0 Å². The molecular weight excluding hydrogens is 412 g/mol. The molecule has 1 amide bonds. The monoisotopic (exact) mass is 432 g/mol. The van der Waals surface area contributed by atoms with E-state index in [2.05, 4.69) is 10.3 Å². The summed E-state index contributed by atoms with van der Waals surface area (Å²) < 4.78 is 5.16. The van der Waals surface area contributed by atoms with Crippen LogP contribution in [-0.2, 0) is 0 Å². The summed E-state index contributed by atoms with van der Waals surface area (Å²) in [4.78, 5) is 17.3. The van der Waals surface area contributed by atoms with E-state index in [1.807, 2.05) is 31.2 Å². The zero-order valence-corrected chi connectivity index (χ0v) is 17.9. The van der Waals surface area contributed by atoms with E-state index in [0.717, 1.165) is 11.1 Å². The Balaban J connectivity index is 1.80. The minimum Gasteiger partial charge on any atom is -0.505 e. The minimum atomic E-state index is -0.626. The van der Waals surface area contributed by atoms with Crippen molar-refractivity contribution >= 4 is 28.4 Å². The number of nitrogens with one attached hydrogen (secondary N) is 1. The Bertz CT molecular complexity index is 1240. The largest absolute Gasteiger partial charge is 0.505 e. The predicted molar refractivity (Wildman–Crippen MR) is 122 cm³/mol. The number of fused-ring (bicyclic) bond motifs is 1. The fourth-order valence-electron chi connectivity index (χ4n) is 3.48. The van der Waals surface area contributed by atoms with Crippen molar-refractivity contribution in [3.63, 3.8) is 0 Å². The number of aromatic nitrogens is 1. The first-order valence-corrected chi connectivity index (χ1v) is 10.1. The molecule has 0 bridgehead atoms. The fraction of sp³-hybridized carbons (Fsp3) is 0.120. The van der Waals surface area contributed by atoms with E-state index < -0.39 is 6.04 Å². The van der Waals surface area contributed by atoms with Gasteiger partial charge in [-0.25, -0.2) is 0 Å². The molecule has 3 aromatic carbocycles. The predicted octanol–water partition coefficient (Wildman–Crippen LogP) is 5.43. The van der Waals surface area contributed by atoms with Crippen molar-refractivity contribution in [2.45, 2.75) is 13.0 Å². The topological polar surface area (TPSA) is 71.5 Å². The molecule has 0 aliphatic rings. The standard InChI is InChI=1S/C25H21ClN2O3/c1-15-5-7-16(8-6-15)22(28-25(30)17-9-11-18(31-2)12-10-17)20-14-21(26)19-4-3-13-27-23(19)24(20)29/h3-14,22,29H,1-2H3,(H,28,30)/t22-/m1/s1. The smallest absolute Gasteiger partial charge is 0.252 e. The molecule has 156 valence electrons. The fourth-order valence-corrected chi connectivity index (χ4v) is 3.75. The second kappa shape index (κ2) is 8.66. The average Bonchev–Trinajstić information content (AvgIpc) is 2.80. The van der Waals surface area contributed by atoms with Crippen LogP contribution >= 0.6 is 11.6 Å². The first-order chi connectivity index (χ1) is 15.0. The summed E-state index contributed by atoms with van der Waals surface area (Å²) >= 11 is 6.50. The van der Waals surface area contributed by atoms with Crippen molar-refractivity contribution in [3.8, 4) is 11.5 Å². The SMILES string of the molecule is COc1ccc(C(=O)N[C@H](c2ccc(C)cc2)c2cc(Cl)c3cccnc3c2O)cc1. The lowest BCUT2D eigenvalue weighted by molar-refractivity contribution is 0.0942. The normalized spacial score (nSPS) is 11.8. The van der Waals surface area contributed by atoms with Crippen LogP contribution in [0.1, 0.15) is 33.1 Å². The third kappa shape index (κ3) is 4.18. The molecule has 0 saturated heterocycles. The Kier molecular flexibility index (Phi) is 5.78. The van der Waals surface area contributed by atoms with Gasteiger partial charge in [0, 0.05) is 22.7 Å². The van der Waals surface area contributed by atoms with E-state index in [0.29, 0.717) is 32.8 Å². The molecule has 0 spiro atoms. The molecule has 0 unspecified atom stereocenters. The van der Waals surface area contributed by atoms with Gasteiger partial charge in [-0.2, -0.15) is 0 Å². The number of amides is 1. The molecule has 1 atom stereocenters. The molecule has 1 heterocycles. The van der Waals surface area contributed by atoms with E-state index in [4.69, 9.17) is 16.3 Å². The lowest BCUT2D eigenvalue weighted by Crippen LogP contribution is -2.29. The number of pyridine rings is 1. The Morgan fingerprint density at radius 2 is 1.81 bits per heavy atom. The van der Waals surface area contributed by atoms with Gasteiger partial charge in [-0.05, 0) is 55.0 Å². The Hall–Kier alpha value is -3.57. The van der Waals surface area contributed by atoms with Crippen molar-refractivity contribution in [2.24, 2.45) is 0 Å². The van der Waals surface area contributed by atoms with Crippen LogP contribution in [0, 0.1) is 6.92 Å². The van der Waals surface area contributed by atoms with Gasteiger partial charge in [0.25, 0.3) is 5.91 Å². The average molecular weight is 433 g/mol. The molecule has 0 fully saturated rings. The molecule has 1 aromatic heterocycles. The summed E-state index contributed by atoms with van der Waals surface area (Å²) in [6.07, 6.45) is 1.60. The van der Waals surface area contributed by atoms with Gasteiger partial charge in [-0.15, -0.1) is 0 Å². The number of hydrogen-bond donors (Lipinski definition) is 2. The lowest BCUT2D eigenvalue weighted by atomic mass is 9.95. The Morgan fingerprint density at radius 1 is 1.10 bits per heavy atom. The number of hydrogen-bond acceptors (Lipinski definition) is 4. The molecule has 5 nitrogen and oxygen atoms in total. The number of phenols is 1. The second-order valence-corrected chi connectivity index (χ2v) is 7.65. The van der Waals surface area contributed by atoms with Crippen molar-refractivity contribution in [1.82, 2.24) is 10.3 Å². The summed E-state index contributed by atoms with van der Waals surface area (Å²) in [6, 6.07) is 19.2. The second-order valence-electron chi connectivity index (χ2n) is 7.24. The summed E-state index contributed by atoms with van der Waals surface area (Å²) in [5, 5.41) is 15.2. The highest BCUT2D eigenvalue weighted by Gasteiger charge is 2.24. The number of phenolic OH excluding ortho intramolecular Hbond substituents is 1. The van der Waals surface area contributed by atoms with Crippen LogP contribution in [0.4, 0.5) is 0 Å². The summed E-state index contributed by atoms with van der Waals surface area (Å²) in [5.74, 6) is 0.363. The van der Waals surface area contributed by atoms with Crippen molar-refractivity contribution in [1.29, 1.82) is 0 Å². The molecule has 0 aliphatic heterocycles. The molecule has 0 radical (unpaired) electrons. The highest BCUT2D eigenvalue weighted by atomic mass is 35.5. The number of aromatic hydroxyl groups is 1. The van der Waals surface area contributed by atoms with E-state index in [1.54, 1.807) is 55.8 Å². The summed E-state index contributed by atoms with van der Waals surface area (Å²) in [6.45, 7) is 1.99. The summed E-state index contributed by atoms with van der Waals surface area (Å²) in [5.41, 5.74) is 3.24. The highest BCUT2D eigenvalue weighted by molar-refractivity contribution is 6.35. The van der Waals surface area contributed by atoms with Crippen LogP contribution in [0.2, 0.25) is 5.02 Å². The van der Waals surface area contributed by atoms with Crippen molar-refractivity contribution < 1.29 is 14.6 Å². The molecule has 0 aliphatic carbocycles. The molecule has 4 aromatic rings. The highest BCUT2D eigenvalue weighted by Crippen LogP contribution is 2.38. The third-order valence-electron chi connectivity index (χ3n) is 5.19. The van der Waals surface area contributed by atoms with Gasteiger partial charge in [0.05, 0.1) is 18.2 Å². The van der Waals surface area contributed by atoms with Gasteiger partial charge in [0.1, 0.15) is 17.0 Å². The number of nitrogens with zero attached hydrogens (tertiary/aromatic N) is 1. The van der Waals surface area contributed by atoms with Crippen LogP contribution in [0.25, 0.3) is 10.9 Å². The van der Waals surface area contributed by atoms with E-state index in [-0.39, 0.29) is 11.7 Å². The summed E-state index contributed by atoms with van der Waals surface area (Å²) in [7, 11) is 1.57. The van der Waals surface area contributed by atoms with E-state index in [9.17, 15) is 9.90 Å². The van der Waals surface area contributed by atoms with Crippen LogP contribution in [0.15, 0.2) is 72.9 Å². The Morgan fingerprint density at radius 3 is 2.48 bits per heavy atom. The van der Waals surface area contributed by atoms with Crippen molar-refractivity contribution in [2.75, 3.05) is 7.11 Å². The maximum Gasteiger partial charge on any atom is 0.252 e. The number of benzene rings is 3. The van der Waals surface area contributed by atoms with E-state index in [1.165, 1.54) is 0 Å². The van der Waals surface area contributed by atoms with Gasteiger partial charge in [-0.1, -0.05) is 41.4 Å². The van der Waals surface area contributed by atoms with Gasteiger partial charge < -0.3 is 15.2 Å². The zero-order chi connectivity index (χ0) is 22.0.